The van der Waals surface area contributed by atoms with Gasteiger partial charge >= 0.3 is 5.97 Å². The maximum atomic E-state index is 11.1. The molecule has 0 N–H and O–H groups in total. The summed E-state index contributed by atoms with van der Waals surface area (Å²) >= 11 is 0. The molecule has 3 heteroatoms. The van der Waals surface area contributed by atoms with Crippen LogP contribution in [0.4, 0.5) is 0 Å². The van der Waals surface area contributed by atoms with Gasteiger partial charge in [0.15, 0.2) is 13.1 Å². The summed E-state index contributed by atoms with van der Waals surface area (Å²) in [5.41, 5.74) is 0.572. The predicted octanol–water partition coefficient (Wildman–Crippen LogP) is 1.00. The number of esters is 1. The molecule has 0 unspecified atom stereocenters. The van der Waals surface area contributed by atoms with E-state index in [1.807, 2.05) is 4.58 Å². The van der Waals surface area contributed by atoms with E-state index in [2.05, 4.69) is 17.9 Å². The average Bonchev–Trinajstić information content (AvgIpc) is 2.15. The smallest absolute Gasteiger partial charge is 0.397 e. The summed E-state index contributed by atoms with van der Waals surface area (Å²) in [6, 6.07) is 0. The van der Waals surface area contributed by atoms with Crippen LogP contribution in [-0.2, 0) is 9.53 Å². The molecule has 0 aliphatic rings. The van der Waals surface area contributed by atoms with E-state index in [0.29, 0.717) is 18.8 Å². The summed E-state index contributed by atoms with van der Waals surface area (Å²) in [5, 5.41) is 0. The van der Waals surface area contributed by atoms with Gasteiger partial charge in [-0.05, 0) is 12.2 Å². The number of ether oxygens (including phenoxy) is 1. The molecular weight excluding hydrogens is 166 g/mol. The van der Waals surface area contributed by atoms with Crippen LogP contribution >= 0.6 is 0 Å². The molecule has 72 valence electrons. The highest BCUT2D eigenvalue weighted by atomic mass is 16.5. The molecule has 0 rings (SSSR count). The van der Waals surface area contributed by atoms with Crippen LogP contribution in [0.5, 0.6) is 0 Å². The van der Waals surface area contributed by atoms with Gasteiger partial charge in [-0.3, -0.25) is 0 Å². The SMILES string of the molecule is C=CC[N+](CC=C)=C(C)C(=O)OC. The van der Waals surface area contributed by atoms with Crippen molar-refractivity contribution in [3.8, 4) is 0 Å². The first kappa shape index (κ1) is 11.6. The summed E-state index contributed by atoms with van der Waals surface area (Å²) in [4.78, 5) is 11.1. The molecule has 0 saturated heterocycles. The Hall–Kier alpha value is -1.38. The Morgan fingerprint density at radius 1 is 1.38 bits per heavy atom. The van der Waals surface area contributed by atoms with E-state index in [1.54, 1.807) is 19.1 Å². The normalized spacial score (nSPS) is 8.77. The molecule has 0 fully saturated rings. The summed E-state index contributed by atoms with van der Waals surface area (Å²) in [5.74, 6) is -0.316. The third kappa shape index (κ3) is 3.69. The van der Waals surface area contributed by atoms with E-state index < -0.39 is 0 Å². The fourth-order valence-corrected chi connectivity index (χ4v) is 0.937. The highest BCUT2D eigenvalue weighted by Gasteiger charge is 2.16. The predicted molar refractivity (Wildman–Crippen MR) is 53.1 cm³/mol. The summed E-state index contributed by atoms with van der Waals surface area (Å²) < 4.78 is 6.44. The number of hydrogen-bond acceptors (Lipinski definition) is 2. The second-order valence-corrected chi connectivity index (χ2v) is 2.56. The number of rotatable bonds is 5. The molecule has 0 aliphatic heterocycles. The molecule has 0 aromatic carbocycles. The zero-order chi connectivity index (χ0) is 10.3. The van der Waals surface area contributed by atoms with E-state index >= 15 is 0 Å². The monoisotopic (exact) mass is 182 g/mol. The Bertz CT molecular complexity index is 229. The van der Waals surface area contributed by atoms with Crippen molar-refractivity contribution >= 4 is 11.7 Å². The van der Waals surface area contributed by atoms with Crippen LogP contribution in [0.1, 0.15) is 6.92 Å². The molecule has 3 nitrogen and oxygen atoms in total. The van der Waals surface area contributed by atoms with E-state index in [1.165, 1.54) is 7.11 Å². The number of carbonyl (C=O) groups is 1. The highest BCUT2D eigenvalue weighted by molar-refractivity contribution is 6.33. The van der Waals surface area contributed by atoms with Crippen LogP contribution < -0.4 is 0 Å². The first-order chi connectivity index (χ1) is 6.17. The van der Waals surface area contributed by atoms with Gasteiger partial charge in [0.1, 0.15) is 0 Å². The van der Waals surface area contributed by atoms with Crippen molar-refractivity contribution in [2.45, 2.75) is 6.92 Å². The standard InChI is InChI=1S/C10H16NO2/c1-5-7-11(8-6-2)9(3)10(12)13-4/h5-6H,1-2,7-8H2,3-4H3/q+1. The van der Waals surface area contributed by atoms with Crippen LogP contribution in [0.25, 0.3) is 0 Å². The van der Waals surface area contributed by atoms with Crippen molar-refractivity contribution in [2.24, 2.45) is 0 Å². The Kier molecular flexibility index (Phi) is 5.52. The maximum Gasteiger partial charge on any atom is 0.397 e. The first-order valence-corrected chi connectivity index (χ1v) is 4.06. The summed E-state index contributed by atoms with van der Waals surface area (Å²) in [6.07, 6.45) is 3.46. The fourth-order valence-electron chi connectivity index (χ4n) is 0.937. The van der Waals surface area contributed by atoms with Crippen molar-refractivity contribution in [1.82, 2.24) is 0 Å². The van der Waals surface area contributed by atoms with E-state index in [0.717, 1.165) is 0 Å². The minimum atomic E-state index is -0.316. The van der Waals surface area contributed by atoms with Gasteiger partial charge in [0.05, 0.1) is 7.11 Å². The molecule has 0 aliphatic carbocycles. The van der Waals surface area contributed by atoms with Crippen LogP contribution in [0, 0.1) is 0 Å². The van der Waals surface area contributed by atoms with Crippen molar-refractivity contribution in [2.75, 3.05) is 20.2 Å². The molecule has 0 aromatic rings. The van der Waals surface area contributed by atoms with Crippen LogP contribution in [0.3, 0.4) is 0 Å². The van der Waals surface area contributed by atoms with Gasteiger partial charge in [0.2, 0.25) is 0 Å². The first-order valence-electron chi connectivity index (χ1n) is 4.06. The number of methoxy groups -OCH3 is 1. The van der Waals surface area contributed by atoms with Gasteiger partial charge in [0.25, 0.3) is 5.71 Å². The Morgan fingerprint density at radius 3 is 2.15 bits per heavy atom. The molecule has 13 heavy (non-hydrogen) atoms. The van der Waals surface area contributed by atoms with E-state index in [-0.39, 0.29) is 5.97 Å². The molecule has 0 bridgehead atoms. The van der Waals surface area contributed by atoms with Crippen molar-refractivity contribution in [3.63, 3.8) is 0 Å². The van der Waals surface area contributed by atoms with Gasteiger partial charge < -0.3 is 4.74 Å². The third-order valence-electron chi connectivity index (χ3n) is 1.65. The zero-order valence-corrected chi connectivity index (χ0v) is 8.25. The van der Waals surface area contributed by atoms with Gasteiger partial charge in [0, 0.05) is 6.92 Å². The number of nitrogens with zero attached hydrogens (tertiary/aromatic N) is 1. The Morgan fingerprint density at radius 2 is 1.85 bits per heavy atom. The van der Waals surface area contributed by atoms with Gasteiger partial charge in [-0.2, -0.15) is 0 Å². The minimum Gasteiger partial charge on any atom is -0.461 e. The van der Waals surface area contributed by atoms with Crippen LogP contribution in [0.15, 0.2) is 25.3 Å². The van der Waals surface area contributed by atoms with E-state index in [9.17, 15) is 4.79 Å². The minimum absolute atomic E-state index is 0.316. The molecule has 0 heterocycles. The lowest BCUT2D eigenvalue weighted by molar-refractivity contribution is -0.507. The average molecular weight is 182 g/mol. The van der Waals surface area contributed by atoms with Crippen LogP contribution in [0.2, 0.25) is 0 Å². The second kappa shape index (κ2) is 6.17. The molecule has 0 spiro atoms. The molecule has 0 atom stereocenters. The van der Waals surface area contributed by atoms with Crippen LogP contribution in [-0.4, -0.2) is 36.5 Å². The lowest BCUT2D eigenvalue weighted by atomic mass is 10.4. The maximum absolute atomic E-state index is 11.1. The molecular formula is C10H16NO2+. The van der Waals surface area contributed by atoms with Gasteiger partial charge in [-0.15, -0.1) is 0 Å². The van der Waals surface area contributed by atoms with Crippen molar-refractivity contribution < 1.29 is 14.1 Å². The second-order valence-electron chi connectivity index (χ2n) is 2.56. The Balaban J connectivity index is 4.71. The lowest BCUT2D eigenvalue weighted by Crippen LogP contribution is -2.27. The summed E-state index contributed by atoms with van der Waals surface area (Å²) in [6.45, 7) is 10.2. The van der Waals surface area contributed by atoms with Gasteiger partial charge in [-0.1, -0.05) is 13.2 Å². The van der Waals surface area contributed by atoms with Crippen molar-refractivity contribution in [1.29, 1.82) is 0 Å². The number of carbonyl (C=O) groups excluding carboxylic acids is 1. The largest absolute Gasteiger partial charge is 0.461 e. The topological polar surface area (TPSA) is 29.3 Å². The lowest BCUT2D eigenvalue weighted by Gasteiger charge is -2.01. The third-order valence-corrected chi connectivity index (χ3v) is 1.65. The molecule has 0 radical (unpaired) electrons. The fraction of sp³-hybridized carbons (Fsp3) is 0.400. The van der Waals surface area contributed by atoms with E-state index in [4.69, 9.17) is 0 Å². The zero-order valence-electron chi connectivity index (χ0n) is 8.25. The summed E-state index contributed by atoms with van der Waals surface area (Å²) in [7, 11) is 1.37. The molecule has 0 amide bonds. The molecule has 0 aromatic heterocycles. The number of hydrogen-bond donors (Lipinski definition) is 0. The molecule has 0 saturated carbocycles. The van der Waals surface area contributed by atoms with Crippen molar-refractivity contribution in [3.05, 3.63) is 25.3 Å². The van der Waals surface area contributed by atoms with Gasteiger partial charge in [-0.25, -0.2) is 9.37 Å². The quantitative estimate of drug-likeness (QED) is 0.275. The Labute approximate surface area is 79.0 Å². The highest BCUT2D eigenvalue weighted by Crippen LogP contribution is 1.86.